The van der Waals surface area contributed by atoms with E-state index < -0.39 is 12.1 Å². The fraction of sp³-hybridized carbons (Fsp3) is 0.316. The van der Waals surface area contributed by atoms with Crippen LogP contribution in [0.1, 0.15) is 38.1 Å². The number of nitrogens with one attached hydrogen (secondary N) is 2. The molecule has 0 radical (unpaired) electrons. The number of benzene rings is 2. The van der Waals surface area contributed by atoms with E-state index >= 15 is 0 Å². The van der Waals surface area contributed by atoms with Crippen molar-refractivity contribution in [3.05, 3.63) is 52.5 Å². The zero-order valence-electron chi connectivity index (χ0n) is 14.9. The van der Waals surface area contributed by atoms with Gasteiger partial charge in [-0.3, -0.25) is 10.1 Å². The van der Waals surface area contributed by atoms with E-state index in [0.717, 1.165) is 0 Å². The number of aliphatic hydroxyl groups is 1. The highest BCUT2D eigenvalue weighted by Gasteiger charge is 2.18. The third-order valence-corrected chi connectivity index (χ3v) is 3.81. The lowest BCUT2D eigenvalue weighted by Gasteiger charge is -2.25. The molecule has 26 heavy (non-hydrogen) atoms. The highest BCUT2D eigenvalue weighted by atomic mass is 35.5. The van der Waals surface area contributed by atoms with Gasteiger partial charge < -0.3 is 20.6 Å². The average molecular weight is 379 g/mol. The average Bonchev–Trinajstić information content (AvgIpc) is 2.51. The Morgan fingerprint density at radius 3 is 2.42 bits per heavy atom. The molecule has 0 aromatic heterocycles. The fourth-order valence-corrected chi connectivity index (χ4v) is 2.58. The number of phenols is 2. The Kier molecular flexibility index (Phi) is 6.13. The molecule has 1 unspecified atom stereocenters. The van der Waals surface area contributed by atoms with Crippen LogP contribution >= 0.6 is 11.6 Å². The van der Waals surface area contributed by atoms with Gasteiger partial charge in [-0.15, -0.1) is 0 Å². The molecule has 6 nitrogen and oxygen atoms in total. The van der Waals surface area contributed by atoms with E-state index in [0.29, 0.717) is 16.1 Å². The number of aromatic hydroxyl groups is 2. The summed E-state index contributed by atoms with van der Waals surface area (Å²) in [6.07, 6.45) is -1.07. The summed E-state index contributed by atoms with van der Waals surface area (Å²) in [6, 6.07) is 8.90. The smallest absolute Gasteiger partial charge is 0.229 e. The minimum absolute atomic E-state index is 0.0349. The van der Waals surface area contributed by atoms with Crippen LogP contribution in [0.25, 0.3) is 0 Å². The molecule has 1 atom stereocenters. The highest BCUT2D eigenvalue weighted by molar-refractivity contribution is 6.30. The van der Waals surface area contributed by atoms with Gasteiger partial charge in [0.05, 0.1) is 12.1 Å². The molecule has 7 heteroatoms. The maximum atomic E-state index is 12.3. The van der Waals surface area contributed by atoms with Crippen LogP contribution in [0.15, 0.2) is 36.4 Å². The molecule has 140 valence electrons. The fourth-order valence-electron chi connectivity index (χ4n) is 2.38. The first kappa shape index (κ1) is 20.0. The van der Waals surface area contributed by atoms with Crippen molar-refractivity contribution >= 4 is 23.2 Å². The third kappa shape index (κ3) is 5.62. The van der Waals surface area contributed by atoms with Gasteiger partial charge >= 0.3 is 0 Å². The van der Waals surface area contributed by atoms with Crippen molar-refractivity contribution in [1.82, 2.24) is 5.32 Å². The van der Waals surface area contributed by atoms with Crippen LogP contribution in [0.2, 0.25) is 5.02 Å². The Bertz CT molecular complexity index is 803. The van der Waals surface area contributed by atoms with Crippen molar-refractivity contribution in [3.8, 4) is 11.5 Å². The van der Waals surface area contributed by atoms with Gasteiger partial charge in [0.2, 0.25) is 5.91 Å². The van der Waals surface area contributed by atoms with Crippen molar-refractivity contribution in [2.45, 2.75) is 39.0 Å². The number of hydrogen-bond acceptors (Lipinski definition) is 5. The molecule has 2 aromatic carbocycles. The van der Waals surface area contributed by atoms with E-state index in [1.165, 1.54) is 30.3 Å². The Morgan fingerprint density at radius 1 is 1.12 bits per heavy atom. The predicted octanol–water partition coefficient (Wildman–Crippen LogP) is 3.31. The molecule has 5 N–H and O–H groups in total. The maximum Gasteiger partial charge on any atom is 0.229 e. The van der Waals surface area contributed by atoms with Gasteiger partial charge in [-0.1, -0.05) is 17.7 Å². The summed E-state index contributed by atoms with van der Waals surface area (Å²) in [4.78, 5) is 12.3. The molecule has 0 saturated carbocycles. The summed E-state index contributed by atoms with van der Waals surface area (Å²) in [6.45, 7) is 5.74. The number of halogens is 1. The van der Waals surface area contributed by atoms with Crippen molar-refractivity contribution in [1.29, 1.82) is 0 Å². The van der Waals surface area contributed by atoms with Crippen LogP contribution in [0.4, 0.5) is 5.69 Å². The molecular formula is C19H23ClN2O4. The Hall–Kier alpha value is -2.28. The lowest BCUT2D eigenvalue weighted by molar-refractivity contribution is -0.115. The molecule has 0 aliphatic carbocycles. The molecule has 0 saturated heterocycles. The topological polar surface area (TPSA) is 102 Å². The van der Waals surface area contributed by atoms with Crippen molar-refractivity contribution in [2.75, 3.05) is 5.32 Å². The standard InChI is InChI=1S/C19H23ClN2O4/c1-19(2,3)22-18(26)11-4-6-16(24)14(9-11)21-17(25)10-12-8-13(20)5-7-15(12)23/h4-9,18,22-24,26H,10H2,1-3H3,(H,21,25). The van der Waals surface area contributed by atoms with Crippen LogP contribution in [0.3, 0.4) is 0 Å². The summed E-state index contributed by atoms with van der Waals surface area (Å²) >= 11 is 5.88. The molecule has 0 aliphatic rings. The minimum atomic E-state index is -0.955. The number of rotatable bonds is 5. The van der Waals surface area contributed by atoms with Gasteiger partial charge in [0.25, 0.3) is 0 Å². The first-order valence-electron chi connectivity index (χ1n) is 8.11. The molecule has 2 rings (SSSR count). The number of aliphatic hydroxyl groups excluding tert-OH is 1. The normalized spacial score (nSPS) is 12.7. The van der Waals surface area contributed by atoms with E-state index in [1.54, 1.807) is 6.07 Å². The second kappa shape index (κ2) is 7.95. The first-order chi connectivity index (χ1) is 12.0. The lowest BCUT2D eigenvalue weighted by atomic mass is 10.1. The Morgan fingerprint density at radius 2 is 1.77 bits per heavy atom. The van der Waals surface area contributed by atoms with Gasteiger partial charge in [0, 0.05) is 16.1 Å². The molecule has 2 aromatic rings. The van der Waals surface area contributed by atoms with E-state index in [2.05, 4.69) is 10.6 Å². The summed E-state index contributed by atoms with van der Waals surface area (Å²) in [5, 5.41) is 36.0. The van der Waals surface area contributed by atoms with Gasteiger partial charge in [-0.25, -0.2) is 0 Å². The van der Waals surface area contributed by atoms with Gasteiger partial charge in [-0.2, -0.15) is 0 Å². The molecule has 1 amide bonds. The summed E-state index contributed by atoms with van der Waals surface area (Å²) in [5.74, 6) is -0.596. The quantitative estimate of drug-likeness (QED) is 0.406. The molecule has 0 heterocycles. The SMILES string of the molecule is CC(C)(C)NC(O)c1ccc(O)c(NC(=O)Cc2cc(Cl)ccc2O)c1. The van der Waals surface area contributed by atoms with Crippen LogP contribution < -0.4 is 10.6 Å². The Labute approximate surface area is 157 Å². The molecule has 0 bridgehead atoms. The number of anilines is 1. The first-order valence-corrected chi connectivity index (χ1v) is 8.49. The number of carbonyl (C=O) groups is 1. The van der Waals surface area contributed by atoms with Gasteiger partial charge in [-0.05, 0) is 56.7 Å². The largest absolute Gasteiger partial charge is 0.508 e. The summed E-state index contributed by atoms with van der Waals surface area (Å²) in [7, 11) is 0. The zero-order chi connectivity index (χ0) is 19.5. The number of carbonyl (C=O) groups excluding carboxylic acids is 1. The maximum absolute atomic E-state index is 12.3. The number of hydrogen-bond donors (Lipinski definition) is 5. The molecule has 0 spiro atoms. The summed E-state index contributed by atoms with van der Waals surface area (Å²) < 4.78 is 0. The van der Waals surface area contributed by atoms with Crippen molar-refractivity contribution < 1.29 is 20.1 Å². The number of phenolic OH excluding ortho intramolecular Hbond substituents is 2. The monoisotopic (exact) mass is 378 g/mol. The zero-order valence-corrected chi connectivity index (χ0v) is 15.6. The van der Waals surface area contributed by atoms with Crippen LogP contribution in [-0.2, 0) is 11.2 Å². The summed E-state index contributed by atoms with van der Waals surface area (Å²) in [5.41, 5.74) is 0.729. The van der Waals surface area contributed by atoms with E-state index in [-0.39, 0.29) is 29.1 Å². The molecule has 0 aliphatic heterocycles. The highest BCUT2D eigenvalue weighted by Crippen LogP contribution is 2.28. The van der Waals surface area contributed by atoms with Crippen LogP contribution in [0.5, 0.6) is 11.5 Å². The minimum Gasteiger partial charge on any atom is -0.508 e. The third-order valence-electron chi connectivity index (χ3n) is 3.57. The second-order valence-electron chi connectivity index (χ2n) is 7.07. The second-order valence-corrected chi connectivity index (χ2v) is 7.51. The van der Waals surface area contributed by atoms with Crippen molar-refractivity contribution in [3.63, 3.8) is 0 Å². The number of amides is 1. The van der Waals surface area contributed by atoms with E-state index in [4.69, 9.17) is 11.6 Å². The van der Waals surface area contributed by atoms with Gasteiger partial charge in [0.15, 0.2) is 0 Å². The van der Waals surface area contributed by atoms with Crippen LogP contribution in [0, 0.1) is 0 Å². The van der Waals surface area contributed by atoms with E-state index in [9.17, 15) is 20.1 Å². The Balaban J connectivity index is 2.14. The predicted molar refractivity (Wildman–Crippen MR) is 101 cm³/mol. The van der Waals surface area contributed by atoms with Crippen molar-refractivity contribution in [2.24, 2.45) is 0 Å². The van der Waals surface area contributed by atoms with Gasteiger partial charge in [0.1, 0.15) is 17.7 Å². The van der Waals surface area contributed by atoms with E-state index in [1.807, 2.05) is 20.8 Å². The molecule has 0 fully saturated rings. The molecular weight excluding hydrogens is 356 g/mol. The lowest BCUT2D eigenvalue weighted by Crippen LogP contribution is -2.38. The van der Waals surface area contributed by atoms with Crippen LogP contribution in [-0.4, -0.2) is 26.8 Å².